The molecule has 1 heterocycles. The van der Waals surface area contributed by atoms with E-state index >= 15 is 0 Å². The zero-order chi connectivity index (χ0) is 9.26. The fourth-order valence-corrected chi connectivity index (χ4v) is 1.40. The van der Waals surface area contributed by atoms with Crippen molar-refractivity contribution >= 4 is 16.6 Å². The Morgan fingerprint density at radius 2 is 2.00 bits per heavy atom. The van der Waals surface area contributed by atoms with Crippen LogP contribution in [-0.2, 0) is 0 Å². The van der Waals surface area contributed by atoms with Crippen LogP contribution >= 0.6 is 0 Å². The van der Waals surface area contributed by atoms with E-state index in [-0.39, 0.29) is 5.78 Å². The normalized spacial score (nSPS) is 10.2. The average Bonchev–Trinajstić information content (AvgIpc) is 2.17. The Hall–Kier alpha value is -1.70. The number of fused-ring (bicyclic) bond motifs is 1. The van der Waals surface area contributed by atoms with Gasteiger partial charge in [0.05, 0.1) is 0 Å². The molecule has 0 aliphatic carbocycles. The molecule has 2 heteroatoms. The molecule has 0 spiro atoms. The number of carbonyl (C=O) groups excluding carboxylic acids is 1. The first-order valence-electron chi connectivity index (χ1n) is 4.13. The van der Waals surface area contributed by atoms with Gasteiger partial charge in [-0.15, -0.1) is 0 Å². The third-order valence-corrected chi connectivity index (χ3v) is 2.05. The lowest BCUT2D eigenvalue weighted by atomic mass is 10.1. The summed E-state index contributed by atoms with van der Waals surface area (Å²) in [5.41, 5.74) is 0.693. The summed E-state index contributed by atoms with van der Waals surface area (Å²) in [4.78, 5) is 15.2. The topological polar surface area (TPSA) is 30.0 Å². The van der Waals surface area contributed by atoms with E-state index in [4.69, 9.17) is 0 Å². The van der Waals surface area contributed by atoms with E-state index in [0.29, 0.717) is 5.56 Å². The van der Waals surface area contributed by atoms with Crippen LogP contribution in [0.2, 0.25) is 0 Å². The SMILES string of the molecule is CC(=O)c1cncc2ccccc12. The minimum absolute atomic E-state index is 0.0595. The third kappa shape index (κ3) is 1.31. The maximum absolute atomic E-state index is 11.2. The van der Waals surface area contributed by atoms with Crippen molar-refractivity contribution in [3.05, 3.63) is 42.2 Å². The van der Waals surface area contributed by atoms with E-state index < -0.39 is 0 Å². The summed E-state index contributed by atoms with van der Waals surface area (Å²) >= 11 is 0. The molecule has 0 saturated carbocycles. The van der Waals surface area contributed by atoms with Crippen LogP contribution in [0.4, 0.5) is 0 Å². The number of ketones is 1. The Kier molecular flexibility index (Phi) is 1.81. The van der Waals surface area contributed by atoms with Crippen molar-refractivity contribution in [1.82, 2.24) is 4.98 Å². The lowest BCUT2D eigenvalue weighted by Gasteiger charge is -2.00. The number of pyridine rings is 1. The Labute approximate surface area is 76.2 Å². The van der Waals surface area contributed by atoms with E-state index in [1.165, 1.54) is 0 Å². The zero-order valence-electron chi connectivity index (χ0n) is 7.32. The maximum Gasteiger partial charge on any atom is 0.161 e. The molecule has 2 aromatic rings. The highest BCUT2D eigenvalue weighted by molar-refractivity contribution is 6.06. The van der Waals surface area contributed by atoms with Gasteiger partial charge in [0.1, 0.15) is 0 Å². The highest BCUT2D eigenvalue weighted by Crippen LogP contribution is 2.16. The molecular formula is C11H9NO. The molecule has 0 atom stereocenters. The van der Waals surface area contributed by atoms with Crippen molar-refractivity contribution < 1.29 is 4.79 Å². The molecule has 13 heavy (non-hydrogen) atoms. The third-order valence-electron chi connectivity index (χ3n) is 2.05. The van der Waals surface area contributed by atoms with Crippen LogP contribution < -0.4 is 0 Å². The van der Waals surface area contributed by atoms with Crippen LogP contribution in [0.25, 0.3) is 10.8 Å². The minimum atomic E-state index is 0.0595. The van der Waals surface area contributed by atoms with E-state index in [1.807, 2.05) is 24.3 Å². The Balaban J connectivity index is 2.83. The smallest absolute Gasteiger partial charge is 0.161 e. The van der Waals surface area contributed by atoms with Gasteiger partial charge in [0.15, 0.2) is 5.78 Å². The highest BCUT2D eigenvalue weighted by atomic mass is 16.1. The molecule has 64 valence electrons. The molecule has 2 nitrogen and oxygen atoms in total. The number of aromatic nitrogens is 1. The van der Waals surface area contributed by atoms with Crippen molar-refractivity contribution in [2.24, 2.45) is 0 Å². The van der Waals surface area contributed by atoms with Gasteiger partial charge in [-0.05, 0) is 12.3 Å². The fraction of sp³-hybridized carbons (Fsp3) is 0.0909. The van der Waals surface area contributed by atoms with Gasteiger partial charge in [-0.2, -0.15) is 0 Å². The van der Waals surface area contributed by atoms with E-state index in [2.05, 4.69) is 4.98 Å². The van der Waals surface area contributed by atoms with Crippen molar-refractivity contribution in [3.63, 3.8) is 0 Å². The first-order valence-corrected chi connectivity index (χ1v) is 4.13. The summed E-state index contributed by atoms with van der Waals surface area (Å²) in [7, 11) is 0. The van der Waals surface area contributed by atoms with Gasteiger partial charge in [0.2, 0.25) is 0 Å². The molecule has 0 fully saturated rings. The second-order valence-electron chi connectivity index (χ2n) is 2.96. The number of rotatable bonds is 1. The van der Waals surface area contributed by atoms with Gasteiger partial charge in [-0.1, -0.05) is 24.3 Å². The van der Waals surface area contributed by atoms with E-state index in [0.717, 1.165) is 10.8 Å². The quantitative estimate of drug-likeness (QED) is 0.617. The molecule has 0 unspecified atom stereocenters. The Bertz CT molecular complexity index is 457. The molecule has 0 aliphatic rings. The monoisotopic (exact) mass is 171 g/mol. The number of hydrogen-bond donors (Lipinski definition) is 0. The van der Waals surface area contributed by atoms with Crippen molar-refractivity contribution in [2.75, 3.05) is 0 Å². The van der Waals surface area contributed by atoms with Crippen LogP contribution in [-0.4, -0.2) is 10.8 Å². The highest BCUT2D eigenvalue weighted by Gasteiger charge is 2.03. The summed E-state index contributed by atoms with van der Waals surface area (Å²) < 4.78 is 0. The molecular weight excluding hydrogens is 162 g/mol. The lowest BCUT2D eigenvalue weighted by Crippen LogP contribution is -1.94. The van der Waals surface area contributed by atoms with Crippen molar-refractivity contribution in [1.29, 1.82) is 0 Å². The second kappa shape index (κ2) is 2.98. The Morgan fingerprint density at radius 1 is 1.23 bits per heavy atom. The van der Waals surface area contributed by atoms with Crippen LogP contribution in [0.1, 0.15) is 17.3 Å². The van der Waals surface area contributed by atoms with Gasteiger partial charge in [-0.25, -0.2) is 0 Å². The van der Waals surface area contributed by atoms with Crippen LogP contribution in [0.15, 0.2) is 36.7 Å². The molecule has 1 aromatic carbocycles. The first kappa shape index (κ1) is 7.92. The predicted molar refractivity (Wildman–Crippen MR) is 51.7 cm³/mol. The molecule has 1 aromatic heterocycles. The minimum Gasteiger partial charge on any atom is -0.294 e. The van der Waals surface area contributed by atoms with E-state index in [1.54, 1.807) is 19.3 Å². The van der Waals surface area contributed by atoms with Gasteiger partial charge in [-0.3, -0.25) is 9.78 Å². The summed E-state index contributed by atoms with van der Waals surface area (Å²) in [5, 5.41) is 1.99. The van der Waals surface area contributed by atoms with Crippen molar-refractivity contribution in [3.8, 4) is 0 Å². The summed E-state index contributed by atoms with van der Waals surface area (Å²) in [6.07, 6.45) is 3.38. The largest absolute Gasteiger partial charge is 0.294 e. The number of benzene rings is 1. The zero-order valence-corrected chi connectivity index (χ0v) is 7.32. The van der Waals surface area contributed by atoms with Gasteiger partial charge >= 0.3 is 0 Å². The van der Waals surface area contributed by atoms with Crippen molar-refractivity contribution in [2.45, 2.75) is 6.92 Å². The summed E-state index contributed by atoms with van der Waals surface area (Å²) in [6, 6.07) is 7.76. The van der Waals surface area contributed by atoms with Gasteiger partial charge in [0, 0.05) is 23.3 Å². The predicted octanol–water partition coefficient (Wildman–Crippen LogP) is 2.44. The van der Waals surface area contributed by atoms with Crippen LogP contribution in [0.3, 0.4) is 0 Å². The number of nitrogens with zero attached hydrogens (tertiary/aromatic N) is 1. The van der Waals surface area contributed by atoms with E-state index in [9.17, 15) is 4.79 Å². The fourth-order valence-electron chi connectivity index (χ4n) is 1.40. The molecule has 0 amide bonds. The maximum atomic E-state index is 11.2. The van der Waals surface area contributed by atoms with Crippen LogP contribution in [0, 0.1) is 0 Å². The second-order valence-corrected chi connectivity index (χ2v) is 2.96. The molecule has 0 aliphatic heterocycles. The first-order chi connectivity index (χ1) is 6.29. The molecule has 0 N–H and O–H groups in total. The number of carbonyl (C=O) groups is 1. The molecule has 0 radical (unpaired) electrons. The lowest BCUT2D eigenvalue weighted by molar-refractivity contribution is 0.101. The molecule has 0 bridgehead atoms. The van der Waals surface area contributed by atoms with Gasteiger partial charge < -0.3 is 0 Å². The summed E-state index contributed by atoms with van der Waals surface area (Å²) in [6.45, 7) is 1.56. The standard InChI is InChI=1S/C11H9NO/c1-8(13)11-7-12-6-9-4-2-3-5-10(9)11/h2-7H,1H3. The van der Waals surface area contributed by atoms with Gasteiger partial charge in [0.25, 0.3) is 0 Å². The summed E-state index contributed by atoms with van der Waals surface area (Å²) in [5.74, 6) is 0.0595. The number of hydrogen-bond acceptors (Lipinski definition) is 2. The Morgan fingerprint density at radius 3 is 2.77 bits per heavy atom. The number of Topliss-reactive ketones (excluding diaryl/α,β-unsaturated/α-hetero) is 1. The van der Waals surface area contributed by atoms with Crippen LogP contribution in [0.5, 0.6) is 0 Å². The average molecular weight is 171 g/mol. The molecule has 2 rings (SSSR count). The molecule has 0 saturated heterocycles.